The fourth-order valence-electron chi connectivity index (χ4n) is 2.26. The Morgan fingerprint density at radius 1 is 1.60 bits per heavy atom. The number of nitro groups is 1. The number of primary amides is 1. The van der Waals surface area contributed by atoms with Crippen molar-refractivity contribution in [1.82, 2.24) is 4.98 Å². The number of rotatable bonds is 4. The first-order valence-electron chi connectivity index (χ1n) is 6.25. The molecular formula is C12H17N5O3. The largest absolute Gasteiger partial charge is 0.373 e. The maximum atomic E-state index is 11.5. The van der Waals surface area contributed by atoms with Crippen molar-refractivity contribution in [2.24, 2.45) is 11.1 Å². The predicted octanol–water partition coefficient (Wildman–Crippen LogP) is 0.733. The van der Waals surface area contributed by atoms with E-state index in [9.17, 15) is 14.9 Å². The van der Waals surface area contributed by atoms with E-state index >= 15 is 0 Å². The molecule has 2 rings (SSSR count). The van der Waals surface area contributed by atoms with Gasteiger partial charge in [-0.25, -0.2) is 4.98 Å². The quantitative estimate of drug-likeness (QED) is 0.620. The molecule has 1 atom stereocenters. The summed E-state index contributed by atoms with van der Waals surface area (Å²) >= 11 is 0. The van der Waals surface area contributed by atoms with Crippen molar-refractivity contribution >= 4 is 23.2 Å². The summed E-state index contributed by atoms with van der Waals surface area (Å²) in [6.45, 7) is 2.81. The highest BCUT2D eigenvalue weighted by molar-refractivity contribution is 5.82. The molecule has 108 valence electrons. The monoisotopic (exact) mass is 279 g/mol. The Morgan fingerprint density at radius 3 is 2.80 bits per heavy atom. The van der Waals surface area contributed by atoms with Gasteiger partial charge < -0.3 is 16.0 Å². The van der Waals surface area contributed by atoms with E-state index in [0.29, 0.717) is 31.1 Å². The zero-order valence-electron chi connectivity index (χ0n) is 11.4. The minimum atomic E-state index is -0.619. The molecule has 0 saturated carbocycles. The molecule has 0 radical (unpaired) electrons. The minimum Gasteiger partial charge on any atom is -0.373 e. The number of nitrogens with zero attached hydrogens (tertiary/aromatic N) is 3. The summed E-state index contributed by atoms with van der Waals surface area (Å²) in [5, 5.41) is 13.7. The molecule has 0 aromatic carbocycles. The van der Waals surface area contributed by atoms with Gasteiger partial charge in [0.05, 0.1) is 22.5 Å². The van der Waals surface area contributed by atoms with Gasteiger partial charge in [-0.3, -0.25) is 14.9 Å². The number of hydrogen-bond donors (Lipinski definition) is 2. The zero-order chi connectivity index (χ0) is 14.9. The fraction of sp³-hybridized carbons (Fsp3) is 0.500. The molecule has 1 unspecified atom stereocenters. The van der Waals surface area contributed by atoms with Crippen molar-refractivity contribution in [2.45, 2.75) is 13.3 Å². The second-order valence-electron chi connectivity index (χ2n) is 5.17. The molecule has 0 bridgehead atoms. The summed E-state index contributed by atoms with van der Waals surface area (Å²) in [4.78, 5) is 28.1. The van der Waals surface area contributed by atoms with Crippen molar-refractivity contribution < 1.29 is 9.72 Å². The number of nitrogens with two attached hydrogens (primary N) is 1. The molecule has 1 aliphatic rings. The van der Waals surface area contributed by atoms with Gasteiger partial charge >= 0.3 is 0 Å². The number of nitrogens with one attached hydrogen (secondary N) is 1. The number of aromatic nitrogens is 1. The van der Waals surface area contributed by atoms with Gasteiger partial charge in [0.15, 0.2) is 0 Å². The third-order valence-electron chi connectivity index (χ3n) is 3.66. The molecule has 1 amide bonds. The van der Waals surface area contributed by atoms with Crippen molar-refractivity contribution in [3.8, 4) is 0 Å². The van der Waals surface area contributed by atoms with E-state index in [1.807, 2.05) is 4.90 Å². The average Bonchev–Trinajstić information content (AvgIpc) is 2.82. The van der Waals surface area contributed by atoms with E-state index in [0.717, 1.165) is 0 Å². The van der Waals surface area contributed by atoms with E-state index in [1.54, 1.807) is 14.0 Å². The molecule has 8 heteroatoms. The maximum absolute atomic E-state index is 11.5. The Balaban J connectivity index is 2.32. The van der Waals surface area contributed by atoms with Crippen LogP contribution in [-0.4, -0.2) is 36.0 Å². The van der Waals surface area contributed by atoms with Crippen molar-refractivity contribution in [1.29, 1.82) is 0 Å². The molecular weight excluding hydrogens is 262 g/mol. The Labute approximate surface area is 116 Å². The van der Waals surface area contributed by atoms with Crippen LogP contribution in [0.4, 0.5) is 17.3 Å². The number of pyridine rings is 1. The van der Waals surface area contributed by atoms with E-state index in [4.69, 9.17) is 5.73 Å². The third-order valence-corrected chi connectivity index (χ3v) is 3.66. The molecule has 1 saturated heterocycles. The van der Waals surface area contributed by atoms with Crippen molar-refractivity contribution in [2.75, 3.05) is 30.4 Å². The fourth-order valence-corrected chi connectivity index (χ4v) is 2.26. The van der Waals surface area contributed by atoms with Crippen LogP contribution >= 0.6 is 0 Å². The smallest absolute Gasteiger partial charge is 0.276 e. The first-order valence-corrected chi connectivity index (χ1v) is 6.25. The molecule has 0 spiro atoms. The van der Waals surface area contributed by atoms with E-state index in [-0.39, 0.29) is 11.6 Å². The summed E-state index contributed by atoms with van der Waals surface area (Å²) in [6, 6.07) is 2.78. The SMILES string of the molecule is CNc1cc([N+](=O)[O-])cc(N2CCC(C)(C(N)=O)C2)n1. The van der Waals surface area contributed by atoms with Crippen LogP contribution in [0.2, 0.25) is 0 Å². The molecule has 2 heterocycles. The van der Waals surface area contributed by atoms with Crippen molar-refractivity contribution in [3.63, 3.8) is 0 Å². The second kappa shape index (κ2) is 4.95. The van der Waals surface area contributed by atoms with Crippen LogP contribution in [-0.2, 0) is 4.79 Å². The molecule has 8 nitrogen and oxygen atoms in total. The third kappa shape index (κ3) is 2.49. The van der Waals surface area contributed by atoms with Crippen LogP contribution in [0.5, 0.6) is 0 Å². The Morgan fingerprint density at radius 2 is 2.30 bits per heavy atom. The lowest BCUT2D eigenvalue weighted by Gasteiger charge is -2.22. The summed E-state index contributed by atoms with van der Waals surface area (Å²) in [7, 11) is 1.65. The highest BCUT2D eigenvalue weighted by Gasteiger charge is 2.39. The van der Waals surface area contributed by atoms with Crippen molar-refractivity contribution in [3.05, 3.63) is 22.2 Å². The number of carbonyl (C=O) groups is 1. The van der Waals surface area contributed by atoms with Crippen LogP contribution < -0.4 is 16.0 Å². The molecule has 1 aromatic heterocycles. The van der Waals surface area contributed by atoms with E-state index in [1.165, 1.54) is 12.1 Å². The van der Waals surface area contributed by atoms with E-state index < -0.39 is 10.3 Å². The lowest BCUT2D eigenvalue weighted by Crippen LogP contribution is -2.37. The molecule has 0 aliphatic carbocycles. The minimum absolute atomic E-state index is 0.0352. The van der Waals surface area contributed by atoms with Crippen LogP contribution in [0.1, 0.15) is 13.3 Å². The zero-order valence-corrected chi connectivity index (χ0v) is 11.4. The van der Waals surface area contributed by atoms with Gasteiger partial charge in [0, 0.05) is 20.1 Å². The number of carbonyl (C=O) groups excluding carboxylic acids is 1. The Bertz CT molecular complexity index is 562. The molecule has 1 aromatic rings. The second-order valence-corrected chi connectivity index (χ2v) is 5.17. The van der Waals surface area contributed by atoms with Gasteiger partial charge in [0.25, 0.3) is 5.69 Å². The van der Waals surface area contributed by atoms with Crippen LogP contribution in [0, 0.1) is 15.5 Å². The van der Waals surface area contributed by atoms with Crippen LogP contribution in [0.15, 0.2) is 12.1 Å². The van der Waals surface area contributed by atoms with Gasteiger partial charge in [0.1, 0.15) is 11.6 Å². The normalized spacial score (nSPS) is 21.8. The maximum Gasteiger partial charge on any atom is 0.276 e. The topological polar surface area (TPSA) is 114 Å². The first kappa shape index (κ1) is 14.0. The first-order chi connectivity index (χ1) is 9.35. The molecule has 1 aliphatic heterocycles. The summed E-state index contributed by atoms with van der Waals surface area (Å²) in [5.41, 5.74) is 4.75. The summed E-state index contributed by atoms with van der Waals surface area (Å²) in [6.07, 6.45) is 0.613. The lowest BCUT2D eigenvalue weighted by atomic mass is 9.89. The Kier molecular flexibility index (Phi) is 3.47. The highest BCUT2D eigenvalue weighted by atomic mass is 16.6. The number of amides is 1. The van der Waals surface area contributed by atoms with Crippen LogP contribution in [0.25, 0.3) is 0 Å². The summed E-state index contributed by atoms with van der Waals surface area (Å²) in [5.74, 6) is 0.537. The summed E-state index contributed by atoms with van der Waals surface area (Å²) < 4.78 is 0. The van der Waals surface area contributed by atoms with E-state index in [2.05, 4.69) is 10.3 Å². The van der Waals surface area contributed by atoms with Gasteiger partial charge in [0.2, 0.25) is 5.91 Å². The van der Waals surface area contributed by atoms with Gasteiger partial charge in [-0.05, 0) is 13.3 Å². The van der Waals surface area contributed by atoms with Crippen LogP contribution in [0.3, 0.4) is 0 Å². The van der Waals surface area contributed by atoms with Gasteiger partial charge in [-0.15, -0.1) is 0 Å². The number of hydrogen-bond acceptors (Lipinski definition) is 6. The average molecular weight is 279 g/mol. The standard InChI is InChI=1S/C12H17N5O3/c1-12(11(13)18)3-4-16(7-12)10-6-8(17(19)20)5-9(14-2)15-10/h5-6H,3-4,7H2,1-2H3,(H2,13,18)(H,14,15). The lowest BCUT2D eigenvalue weighted by molar-refractivity contribution is -0.384. The predicted molar refractivity (Wildman–Crippen MR) is 74.6 cm³/mol. The molecule has 3 N–H and O–H groups in total. The van der Waals surface area contributed by atoms with Gasteiger partial charge in [-0.1, -0.05) is 0 Å². The highest BCUT2D eigenvalue weighted by Crippen LogP contribution is 2.33. The number of anilines is 2. The van der Waals surface area contributed by atoms with Gasteiger partial charge in [-0.2, -0.15) is 0 Å². The Hall–Kier alpha value is -2.38. The molecule has 20 heavy (non-hydrogen) atoms. The molecule has 1 fully saturated rings.